The van der Waals surface area contributed by atoms with Crippen molar-refractivity contribution in [3.63, 3.8) is 0 Å². The Hall–Kier alpha value is -1.09. The molecule has 0 amide bonds. The lowest BCUT2D eigenvalue weighted by atomic mass is 10.3. The number of unbranched alkanes of at least 4 members (excludes halogenated alkanes) is 1. The topological polar surface area (TPSA) is 35.5 Å². The number of terminal acetylenes is 1. The summed E-state index contributed by atoms with van der Waals surface area (Å²) in [4.78, 5) is 0. The summed E-state index contributed by atoms with van der Waals surface area (Å²) in [5, 5.41) is 0. The Bertz CT molecular complexity index is 235. The molecule has 0 rings (SSSR count). The minimum Gasteiger partial charge on any atom is -0.214 e. The summed E-state index contributed by atoms with van der Waals surface area (Å²) in [6, 6.07) is 0. The molecule has 1 unspecified atom stereocenters. The van der Waals surface area contributed by atoms with Gasteiger partial charge in [-0.15, -0.1) is 12.3 Å². The fraction of sp³-hybridized carbons (Fsp3) is 0.429. The van der Waals surface area contributed by atoms with Gasteiger partial charge < -0.3 is 0 Å². The zero-order valence-electron chi connectivity index (χ0n) is 6.25. The Balaban J connectivity index is 3.44. The molecule has 0 radical (unpaired) electrons. The third-order valence-electron chi connectivity index (χ3n) is 0.741. The first-order valence-corrected chi connectivity index (χ1v) is 4.15. The van der Waals surface area contributed by atoms with Gasteiger partial charge >= 0.3 is 8.25 Å². The van der Waals surface area contributed by atoms with E-state index in [0.29, 0.717) is 12.8 Å². The van der Waals surface area contributed by atoms with Crippen LogP contribution in [0.15, 0.2) is 0 Å². The van der Waals surface area contributed by atoms with E-state index in [4.69, 9.17) is 6.42 Å². The van der Waals surface area contributed by atoms with E-state index in [-0.39, 0.29) is 0 Å². The molecule has 0 aromatic rings. The Kier molecular flexibility index (Phi) is 7.28. The van der Waals surface area contributed by atoms with Crippen LogP contribution < -0.4 is 0 Å². The molecule has 0 aromatic carbocycles. The molecule has 0 saturated heterocycles. The molecule has 0 aliphatic heterocycles. The number of halogens is 1. The minimum absolute atomic E-state index is 0.454. The van der Waals surface area contributed by atoms with Crippen molar-refractivity contribution in [1.82, 2.24) is 0 Å². The highest BCUT2D eigenvalue weighted by atomic mass is 31.1. The van der Waals surface area contributed by atoms with E-state index in [9.17, 15) is 8.96 Å². The average molecular weight is 189 g/mol. The molecule has 0 aliphatic carbocycles. The van der Waals surface area contributed by atoms with E-state index in [1.807, 2.05) is 0 Å². The monoisotopic (exact) mass is 189 g/mol. The number of hydrogen-bond donors (Lipinski definition) is 0. The molecule has 3 nitrogen and oxygen atoms in total. The van der Waals surface area contributed by atoms with Crippen LogP contribution in [0.25, 0.3) is 0 Å². The number of hydrogen-bond acceptors (Lipinski definition) is 3. The van der Waals surface area contributed by atoms with Gasteiger partial charge in [-0.05, 0) is 0 Å². The Morgan fingerprint density at radius 3 is 2.83 bits per heavy atom. The summed E-state index contributed by atoms with van der Waals surface area (Å²) in [5.41, 5.74) is 0. The fourth-order valence-corrected chi connectivity index (χ4v) is 0.593. The van der Waals surface area contributed by atoms with Crippen molar-refractivity contribution in [3.8, 4) is 24.4 Å². The summed E-state index contributed by atoms with van der Waals surface area (Å²) in [7, 11) is -2.45. The molecule has 0 spiro atoms. The van der Waals surface area contributed by atoms with E-state index in [1.165, 1.54) is 0 Å². The van der Waals surface area contributed by atoms with Gasteiger partial charge in [0.1, 0.15) is 0 Å². The highest BCUT2D eigenvalue weighted by Crippen LogP contribution is 2.22. The highest BCUT2D eigenvalue weighted by molar-refractivity contribution is 7.33. The van der Waals surface area contributed by atoms with E-state index >= 15 is 0 Å². The van der Waals surface area contributed by atoms with Crippen LogP contribution in [0.1, 0.15) is 12.8 Å². The van der Waals surface area contributed by atoms with Crippen LogP contribution in [-0.4, -0.2) is 6.86 Å². The molecule has 5 heteroatoms. The first kappa shape index (κ1) is 10.9. The minimum atomic E-state index is -2.45. The summed E-state index contributed by atoms with van der Waals surface area (Å²) >= 11 is 0. The Morgan fingerprint density at radius 1 is 1.50 bits per heavy atom. The maximum atomic E-state index is 11.3. The van der Waals surface area contributed by atoms with E-state index < -0.39 is 15.1 Å². The lowest BCUT2D eigenvalue weighted by molar-refractivity contribution is 0.179. The summed E-state index contributed by atoms with van der Waals surface area (Å²) < 4.78 is 29.9. The van der Waals surface area contributed by atoms with Crippen LogP contribution in [0.2, 0.25) is 0 Å². The maximum Gasteiger partial charge on any atom is 0.762 e. The molecule has 0 N–H and O–H groups in total. The van der Waals surface area contributed by atoms with E-state index in [1.54, 1.807) is 0 Å². The SMILES string of the molecule is C#CCCC#CO[P+](=O)OCF. The molecule has 0 bridgehead atoms. The van der Waals surface area contributed by atoms with Crippen LogP contribution in [0, 0.1) is 24.4 Å². The standard InChI is InChI=1S/C7H7FO3P/c1-2-3-4-5-6-10-12(9)11-7-8/h1H,3-4,7H2/q+1. The second-order valence-electron chi connectivity index (χ2n) is 1.54. The van der Waals surface area contributed by atoms with Crippen LogP contribution in [0.3, 0.4) is 0 Å². The molecular formula is C7H7FO3P+. The zero-order chi connectivity index (χ0) is 9.23. The Labute approximate surface area is 71.2 Å². The fourth-order valence-electron chi connectivity index (χ4n) is 0.321. The van der Waals surface area contributed by atoms with E-state index in [0.717, 1.165) is 0 Å². The van der Waals surface area contributed by atoms with Crippen molar-refractivity contribution >= 4 is 8.25 Å². The van der Waals surface area contributed by atoms with Gasteiger partial charge in [0.15, 0.2) is 6.11 Å². The first-order chi connectivity index (χ1) is 5.81. The second kappa shape index (κ2) is 8.01. The summed E-state index contributed by atoms with van der Waals surface area (Å²) in [6.45, 7) is -1.15. The normalized spacial score (nSPS) is 9.17. The maximum absolute atomic E-state index is 11.3. The lowest BCUT2D eigenvalue weighted by Crippen LogP contribution is -1.76. The van der Waals surface area contributed by atoms with Crippen molar-refractivity contribution < 1.29 is 18.0 Å². The molecule has 1 atom stereocenters. The average Bonchev–Trinajstić information content (AvgIpc) is 2.05. The Morgan fingerprint density at radius 2 is 2.25 bits per heavy atom. The quantitative estimate of drug-likeness (QED) is 0.385. The van der Waals surface area contributed by atoms with Gasteiger partial charge in [-0.1, -0.05) is 10.4 Å². The van der Waals surface area contributed by atoms with Crippen LogP contribution in [0.4, 0.5) is 4.39 Å². The lowest BCUT2D eigenvalue weighted by Gasteiger charge is -1.76. The molecule has 0 aliphatic rings. The van der Waals surface area contributed by atoms with Crippen LogP contribution in [0.5, 0.6) is 0 Å². The molecule has 0 heterocycles. The second-order valence-corrected chi connectivity index (χ2v) is 2.42. The molecular weight excluding hydrogens is 182 g/mol. The van der Waals surface area contributed by atoms with Gasteiger partial charge in [-0.3, -0.25) is 0 Å². The summed E-state index contributed by atoms with van der Waals surface area (Å²) in [6.07, 6.45) is 7.96. The van der Waals surface area contributed by atoms with E-state index in [2.05, 4.69) is 27.0 Å². The smallest absolute Gasteiger partial charge is 0.214 e. The third kappa shape index (κ3) is 7.02. The zero-order valence-corrected chi connectivity index (χ0v) is 7.14. The van der Waals surface area contributed by atoms with Crippen molar-refractivity contribution in [2.75, 3.05) is 6.86 Å². The van der Waals surface area contributed by atoms with Crippen molar-refractivity contribution in [1.29, 1.82) is 0 Å². The predicted molar refractivity (Wildman–Crippen MR) is 41.6 cm³/mol. The molecule has 0 aromatic heterocycles. The highest BCUT2D eigenvalue weighted by Gasteiger charge is 2.18. The number of alkyl halides is 1. The van der Waals surface area contributed by atoms with Crippen molar-refractivity contribution in [2.24, 2.45) is 0 Å². The van der Waals surface area contributed by atoms with Gasteiger partial charge in [-0.2, -0.15) is 4.52 Å². The van der Waals surface area contributed by atoms with Crippen molar-refractivity contribution in [2.45, 2.75) is 12.8 Å². The first-order valence-electron chi connectivity index (χ1n) is 3.05. The molecule has 12 heavy (non-hydrogen) atoms. The van der Waals surface area contributed by atoms with Gasteiger partial charge in [-0.25, -0.2) is 4.39 Å². The molecule has 64 valence electrons. The van der Waals surface area contributed by atoms with Crippen molar-refractivity contribution in [3.05, 3.63) is 0 Å². The van der Waals surface area contributed by atoms with Gasteiger partial charge in [0, 0.05) is 17.4 Å². The van der Waals surface area contributed by atoms with Gasteiger partial charge in [0.25, 0.3) is 0 Å². The van der Waals surface area contributed by atoms with Crippen LogP contribution in [-0.2, 0) is 13.6 Å². The van der Waals surface area contributed by atoms with Gasteiger partial charge in [0.05, 0.1) is 0 Å². The largest absolute Gasteiger partial charge is 0.762 e. The van der Waals surface area contributed by atoms with Crippen LogP contribution >= 0.6 is 8.25 Å². The predicted octanol–water partition coefficient (Wildman–Crippen LogP) is 1.98. The third-order valence-corrected chi connectivity index (χ3v) is 1.29. The van der Waals surface area contributed by atoms with Gasteiger partial charge in [0.2, 0.25) is 6.86 Å². The summed E-state index contributed by atoms with van der Waals surface area (Å²) in [5.74, 6) is 4.83. The molecule has 0 saturated carbocycles. The number of rotatable bonds is 4. The molecule has 0 fully saturated rings.